The lowest BCUT2D eigenvalue weighted by atomic mass is 9.97. The van der Waals surface area contributed by atoms with E-state index in [2.05, 4.69) is 127 Å². The molecule has 1 saturated heterocycles. The predicted molar refractivity (Wildman–Crippen MR) is 148 cm³/mol. The first-order chi connectivity index (χ1) is 16.6. The van der Waals surface area contributed by atoms with Gasteiger partial charge in [0.1, 0.15) is 0 Å². The van der Waals surface area contributed by atoms with Gasteiger partial charge in [0.25, 0.3) is 0 Å². The lowest BCUT2D eigenvalue weighted by molar-refractivity contribution is 0.132. The van der Waals surface area contributed by atoms with Gasteiger partial charge in [-0.1, -0.05) is 97.6 Å². The summed E-state index contributed by atoms with van der Waals surface area (Å²) in [6, 6.07) is 21.8. The standard InChI is InChI=1S/C31H41N3/c1-5-13-28(14-6-2)27(3)34(26-25-33-23-21-32(4)22-24-33)20-19-31(29-15-9-7-10-16-29)30-17-11-8-12-18-30/h5-19,27H,1,20-26H2,2-4H3/b14-6-,28-13+. The molecule has 180 valence electrons. The van der Waals surface area contributed by atoms with Gasteiger partial charge in [-0.15, -0.1) is 0 Å². The van der Waals surface area contributed by atoms with Gasteiger partial charge in [-0.2, -0.15) is 0 Å². The van der Waals surface area contributed by atoms with E-state index in [0.29, 0.717) is 6.04 Å². The lowest BCUT2D eigenvalue weighted by Gasteiger charge is -2.35. The number of nitrogens with zero attached hydrogens (tertiary/aromatic N) is 3. The first-order valence-electron chi connectivity index (χ1n) is 12.5. The molecule has 1 atom stereocenters. The van der Waals surface area contributed by atoms with Crippen LogP contribution in [0.2, 0.25) is 0 Å². The third-order valence-electron chi connectivity index (χ3n) is 6.70. The highest BCUT2D eigenvalue weighted by Crippen LogP contribution is 2.24. The fraction of sp³-hybridized carbons (Fsp3) is 0.355. The summed E-state index contributed by atoms with van der Waals surface area (Å²) in [5, 5.41) is 0. The Kier molecular flexibility index (Phi) is 10.6. The van der Waals surface area contributed by atoms with Crippen molar-refractivity contribution in [3.05, 3.63) is 114 Å². The van der Waals surface area contributed by atoms with Gasteiger partial charge in [0.05, 0.1) is 0 Å². The van der Waals surface area contributed by atoms with Gasteiger partial charge in [-0.05, 0) is 43.2 Å². The summed E-state index contributed by atoms with van der Waals surface area (Å²) in [5.74, 6) is 0. The number of hydrogen-bond acceptors (Lipinski definition) is 3. The van der Waals surface area contributed by atoms with E-state index in [1.807, 2.05) is 6.08 Å². The molecule has 1 aliphatic rings. The van der Waals surface area contributed by atoms with Gasteiger partial charge in [-0.25, -0.2) is 0 Å². The molecular formula is C31H41N3. The van der Waals surface area contributed by atoms with Crippen LogP contribution in [-0.4, -0.2) is 73.6 Å². The number of piperazine rings is 1. The van der Waals surface area contributed by atoms with Crippen molar-refractivity contribution in [2.24, 2.45) is 0 Å². The van der Waals surface area contributed by atoms with Crippen LogP contribution >= 0.6 is 0 Å². The molecule has 2 aromatic rings. The lowest BCUT2D eigenvalue weighted by Crippen LogP contribution is -2.48. The molecule has 0 spiro atoms. The van der Waals surface area contributed by atoms with Gasteiger partial charge >= 0.3 is 0 Å². The third-order valence-corrected chi connectivity index (χ3v) is 6.70. The molecule has 2 aromatic carbocycles. The Morgan fingerprint density at radius 3 is 2.09 bits per heavy atom. The van der Waals surface area contributed by atoms with Crippen molar-refractivity contribution >= 4 is 5.57 Å². The monoisotopic (exact) mass is 455 g/mol. The Hall–Kier alpha value is -2.72. The van der Waals surface area contributed by atoms with Crippen molar-refractivity contribution in [1.29, 1.82) is 0 Å². The maximum atomic E-state index is 3.95. The number of rotatable bonds is 11. The maximum absolute atomic E-state index is 3.95. The summed E-state index contributed by atoms with van der Waals surface area (Å²) in [6.45, 7) is 16.0. The zero-order valence-corrected chi connectivity index (χ0v) is 21.2. The average molecular weight is 456 g/mol. The first kappa shape index (κ1) is 25.9. The third kappa shape index (κ3) is 7.66. The molecule has 0 saturated carbocycles. The Bertz CT molecular complexity index is 909. The Morgan fingerprint density at radius 2 is 1.56 bits per heavy atom. The van der Waals surface area contributed by atoms with Crippen LogP contribution in [0, 0.1) is 0 Å². The summed E-state index contributed by atoms with van der Waals surface area (Å²) >= 11 is 0. The summed E-state index contributed by atoms with van der Waals surface area (Å²) in [6.07, 6.45) is 10.8. The molecule has 1 aliphatic heterocycles. The molecule has 0 aromatic heterocycles. The van der Waals surface area contributed by atoms with Gasteiger partial charge in [0.2, 0.25) is 0 Å². The maximum Gasteiger partial charge on any atom is 0.0323 e. The van der Waals surface area contributed by atoms with E-state index >= 15 is 0 Å². The summed E-state index contributed by atoms with van der Waals surface area (Å²) in [4.78, 5) is 7.62. The molecule has 34 heavy (non-hydrogen) atoms. The van der Waals surface area contributed by atoms with Gasteiger partial charge in [-0.3, -0.25) is 9.80 Å². The quantitative estimate of drug-likeness (QED) is 0.400. The van der Waals surface area contributed by atoms with Crippen LogP contribution in [0.3, 0.4) is 0 Å². The minimum Gasteiger partial charge on any atom is -0.304 e. The molecule has 1 heterocycles. The highest BCUT2D eigenvalue weighted by Gasteiger charge is 2.19. The first-order valence-corrected chi connectivity index (χ1v) is 12.5. The smallest absolute Gasteiger partial charge is 0.0323 e. The van der Waals surface area contributed by atoms with Gasteiger partial charge in [0.15, 0.2) is 0 Å². The minimum atomic E-state index is 0.297. The van der Waals surface area contributed by atoms with E-state index in [1.54, 1.807) is 0 Å². The second kappa shape index (κ2) is 13.9. The number of hydrogen-bond donors (Lipinski definition) is 0. The zero-order chi connectivity index (χ0) is 24.2. The fourth-order valence-electron chi connectivity index (χ4n) is 4.50. The topological polar surface area (TPSA) is 9.72 Å². The Morgan fingerprint density at radius 1 is 0.971 bits per heavy atom. The van der Waals surface area contributed by atoms with Crippen LogP contribution in [0.15, 0.2) is 103 Å². The minimum absolute atomic E-state index is 0.297. The molecule has 1 fully saturated rings. The molecular weight excluding hydrogens is 414 g/mol. The molecule has 0 radical (unpaired) electrons. The molecule has 0 bridgehead atoms. The van der Waals surface area contributed by atoms with Crippen LogP contribution in [0.25, 0.3) is 5.57 Å². The molecule has 0 N–H and O–H groups in total. The van der Waals surface area contributed by atoms with E-state index in [4.69, 9.17) is 0 Å². The van der Waals surface area contributed by atoms with E-state index < -0.39 is 0 Å². The molecule has 3 rings (SSSR count). The summed E-state index contributed by atoms with van der Waals surface area (Å²) < 4.78 is 0. The van der Waals surface area contributed by atoms with Crippen LogP contribution in [0.4, 0.5) is 0 Å². The zero-order valence-electron chi connectivity index (χ0n) is 21.2. The normalized spacial score (nSPS) is 16.6. The molecule has 3 heteroatoms. The van der Waals surface area contributed by atoms with E-state index in [9.17, 15) is 0 Å². The SMILES string of the molecule is C=C/C=C(\C=C/C)C(C)N(CC=C(c1ccccc1)c1ccccc1)CCN1CCN(C)CC1. The van der Waals surface area contributed by atoms with E-state index in [0.717, 1.165) is 45.8 Å². The fourth-order valence-corrected chi connectivity index (χ4v) is 4.50. The second-order valence-corrected chi connectivity index (χ2v) is 9.07. The molecule has 0 amide bonds. The average Bonchev–Trinajstić information content (AvgIpc) is 2.88. The molecule has 3 nitrogen and oxygen atoms in total. The Balaban J connectivity index is 1.86. The van der Waals surface area contributed by atoms with Crippen molar-refractivity contribution in [2.45, 2.75) is 19.9 Å². The summed E-state index contributed by atoms with van der Waals surface area (Å²) in [7, 11) is 2.22. The van der Waals surface area contributed by atoms with Crippen molar-refractivity contribution in [1.82, 2.24) is 14.7 Å². The molecule has 1 unspecified atom stereocenters. The highest BCUT2D eigenvalue weighted by atomic mass is 15.3. The van der Waals surface area contributed by atoms with Crippen molar-refractivity contribution in [3.63, 3.8) is 0 Å². The predicted octanol–water partition coefficient (Wildman–Crippen LogP) is 5.74. The van der Waals surface area contributed by atoms with E-state index in [1.165, 1.54) is 22.3 Å². The van der Waals surface area contributed by atoms with Crippen LogP contribution < -0.4 is 0 Å². The van der Waals surface area contributed by atoms with Gasteiger partial charge in [0, 0.05) is 51.9 Å². The number of likely N-dealkylation sites (N-methyl/N-ethyl adjacent to an activating group) is 1. The van der Waals surface area contributed by atoms with Gasteiger partial charge < -0.3 is 4.90 Å². The molecule has 0 aliphatic carbocycles. The van der Waals surface area contributed by atoms with E-state index in [-0.39, 0.29) is 0 Å². The second-order valence-electron chi connectivity index (χ2n) is 9.07. The summed E-state index contributed by atoms with van der Waals surface area (Å²) in [5.41, 5.74) is 5.11. The Labute approximate surface area is 207 Å². The van der Waals surface area contributed by atoms with Crippen LogP contribution in [0.5, 0.6) is 0 Å². The van der Waals surface area contributed by atoms with Crippen LogP contribution in [-0.2, 0) is 0 Å². The van der Waals surface area contributed by atoms with Crippen LogP contribution in [0.1, 0.15) is 25.0 Å². The van der Waals surface area contributed by atoms with Crippen molar-refractivity contribution in [3.8, 4) is 0 Å². The number of allylic oxidation sites excluding steroid dienone is 3. The number of benzene rings is 2. The largest absolute Gasteiger partial charge is 0.304 e. The van der Waals surface area contributed by atoms with Crippen molar-refractivity contribution in [2.75, 3.05) is 52.9 Å². The van der Waals surface area contributed by atoms with Crippen molar-refractivity contribution < 1.29 is 0 Å². The highest BCUT2D eigenvalue weighted by molar-refractivity contribution is 5.79.